The second kappa shape index (κ2) is 9.47. The molecule has 0 fully saturated rings. The lowest BCUT2D eigenvalue weighted by Gasteiger charge is -2.19. The summed E-state index contributed by atoms with van der Waals surface area (Å²) in [7, 11) is 7.24. The predicted octanol–water partition coefficient (Wildman–Crippen LogP) is 3.38. The van der Waals surface area contributed by atoms with Crippen LogP contribution >= 0.6 is 0 Å². The van der Waals surface area contributed by atoms with E-state index >= 15 is 0 Å². The van der Waals surface area contributed by atoms with Crippen molar-refractivity contribution in [2.75, 3.05) is 41.4 Å². The van der Waals surface area contributed by atoms with Crippen LogP contribution in [-0.4, -0.2) is 57.2 Å². The number of methoxy groups -OCH3 is 2. The summed E-state index contributed by atoms with van der Waals surface area (Å²) in [6, 6.07) is 13.9. The average Bonchev–Trinajstić information content (AvgIpc) is 3.15. The van der Waals surface area contributed by atoms with E-state index < -0.39 is 0 Å². The largest absolute Gasteiger partial charge is 0.497 e. The Bertz CT molecular complexity index is 943. The number of nitrogens with one attached hydrogen (secondary N) is 2. The lowest BCUT2D eigenvalue weighted by molar-refractivity contribution is -0.121. The topological polar surface area (TPSA) is 66.6 Å². The molecule has 6 nitrogen and oxygen atoms in total. The molecule has 0 saturated heterocycles. The lowest BCUT2D eigenvalue weighted by atomic mass is 9.87. The van der Waals surface area contributed by atoms with Gasteiger partial charge in [0.2, 0.25) is 5.91 Å². The van der Waals surface area contributed by atoms with E-state index in [1.54, 1.807) is 14.2 Å². The van der Waals surface area contributed by atoms with Crippen molar-refractivity contribution in [2.24, 2.45) is 0 Å². The van der Waals surface area contributed by atoms with Gasteiger partial charge < -0.3 is 24.7 Å². The first-order valence-corrected chi connectivity index (χ1v) is 9.72. The first-order valence-electron chi connectivity index (χ1n) is 9.72. The number of likely N-dealkylation sites (N-methyl/N-ethyl adjacent to an activating group) is 1. The minimum Gasteiger partial charge on any atom is -0.497 e. The molecule has 1 amide bonds. The number of nitrogens with zero attached hydrogens (tertiary/aromatic N) is 1. The fourth-order valence-electron chi connectivity index (χ4n) is 3.50. The minimum atomic E-state index is -0.130. The van der Waals surface area contributed by atoms with Crippen LogP contribution in [0.3, 0.4) is 0 Å². The van der Waals surface area contributed by atoms with Crippen LogP contribution in [0.25, 0.3) is 10.9 Å². The molecule has 0 radical (unpaired) electrons. The molecule has 0 aliphatic rings. The molecule has 6 heteroatoms. The monoisotopic (exact) mass is 395 g/mol. The second-order valence-electron chi connectivity index (χ2n) is 7.35. The van der Waals surface area contributed by atoms with Crippen molar-refractivity contribution in [1.29, 1.82) is 0 Å². The molecule has 0 bridgehead atoms. The van der Waals surface area contributed by atoms with Gasteiger partial charge in [0.25, 0.3) is 0 Å². The van der Waals surface area contributed by atoms with Gasteiger partial charge in [-0.05, 0) is 43.4 Å². The molecule has 2 aromatic carbocycles. The highest BCUT2D eigenvalue weighted by atomic mass is 16.5. The maximum absolute atomic E-state index is 12.7. The van der Waals surface area contributed by atoms with Crippen LogP contribution in [0.4, 0.5) is 0 Å². The summed E-state index contributed by atoms with van der Waals surface area (Å²) in [4.78, 5) is 18.1. The molecule has 1 unspecified atom stereocenters. The van der Waals surface area contributed by atoms with E-state index in [1.807, 2.05) is 61.6 Å². The number of benzene rings is 2. The van der Waals surface area contributed by atoms with Crippen LogP contribution in [0.15, 0.2) is 48.7 Å². The zero-order valence-electron chi connectivity index (χ0n) is 17.5. The van der Waals surface area contributed by atoms with E-state index in [1.165, 1.54) is 0 Å². The second-order valence-corrected chi connectivity index (χ2v) is 7.35. The van der Waals surface area contributed by atoms with Crippen LogP contribution in [0, 0.1) is 0 Å². The van der Waals surface area contributed by atoms with Gasteiger partial charge in [-0.15, -0.1) is 0 Å². The van der Waals surface area contributed by atoms with E-state index in [-0.39, 0.29) is 11.8 Å². The highest BCUT2D eigenvalue weighted by molar-refractivity contribution is 5.86. The summed E-state index contributed by atoms with van der Waals surface area (Å²) in [5.41, 5.74) is 3.11. The summed E-state index contributed by atoms with van der Waals surface area (Å²) in [6.07, 6.45) is 2.33. The van der Waals surface area contributed by atoms with Crippen LogP contribution in [0.5, 0.6) is 11.5 Å². The van der Waals surface area contributed by atoms with Crippen molar-refractivity contribution in [3.05, 3.63) is 59.8 Å². The summed E-state index contributed by atoms with van der Waals surface area (Å²) in [6.45, 7) is 1.42. The number of hydrogen-bond acceptors (Lipinski definition) is 4. The number of fused-ring (bicyclic) bond motifs is 1. The van der Waals surface area contributed by atoms with Gasteiger partial charge >= 0.3 is 0 Å². The molecule has 1 aromatic heterocycles. The van der Waals surface area contributed by atoms with Crippen LogP contribution < -0.4 is 14.8 Å². The van der Waals surface area contributed by atoms with E-state index in [0.717, 1.165) is 28.6 Å². The van der Waals surface area contributed by atoms with Crippen LogP contribution in [0.2, 0.25) is 0 Å². The van der Waals surface area contributed by atoms with Crippen LogP contribution in [-0.2, 0) is 4.79 Å². The van der Waals surface area contributed by atoms with Crippen molar-refractivity contribution >= 4 is 16.8 Å². The number of H-pyrrole nitrogens is 1. The highest BCUT2D eigenvalue weighted by Gasteiger charge is 2.22. The summed E-state index contributed by atoms with van der Waals surface area (Å²) >= 11 is 0. The maximum atomic E-state index is 12.7. The van der Waals surface area contributed by atoms with Gasteiger partial charge in [0.05, 0.1) is 14.2 Å². The zero-order valence-corrected chi connectivity index (χ0v) is 17.5. The Balaban J connectivity index is 1.97. The van der Waals surface area contributed by atoms with Crippen molar-refractivity contribution in [2.45, 2.75) is 12.3 Å². The molecule has 154 valence electrons. The van der Waals surface area contributed by atoms with E-state index in [9.17, 15) is 4.79 Å². The van der Waals surface area contributed by atoms with Gasteiger partial charge in [0, 0.05) is 48.6 Å². The summed E-state index contributed by atoms with van der Waals surface area (Å²) in [5, 5.41) is 4.14. The quantitative estimate of drug-likeness (QED) is 0.583. The minimum absolute atomic E-state index is 0.0175. The molecule has 0 saturated carbocycles. The number of ether oxygens (including phenoxy) is 2. The van der Waals surface area contributed by atoms with Gasteiger partial charge in [0.15, 0.2) is 0 Å². The zero-order chi connectivity index (χ0) is 20.8. The van der Waals surface area contributed by atoms with Gasteiger partial charge in [0.1, 0.15) is 11.5 Å². The van der Waals surface area contributed by atoms with E-state index in [4.69, 9.17) is 9.47 Å². The third kappa shape index (κ3) is 5.09. The third-order valence-corrected chi connectivity index (χ3v) is 5.04. The Labute approximate surface area is 171 Å². The number of hydrogen-bond donors (Lipinski definition) is 2. The lowest BCUT2D eigenvalue weighted by Crippen LogP contribution is -2.32. The summed E-state index contributed by atoms with van der Waals surface area (Å²) < 4.78 is 10.9. The van der Waals surface area contributed by atoms with Gasteiger partial charge in [-0.1, -0.05) is 18.2 Å². The van der Waals surface area contributed by atoms with E-state index in [2.05, 4.69) is 16.4 Å². The number of para-hydroxylation sites is 1. The Hall–Kier alpha value is -2.99. The molecule has 1 heterocycles. The highest BCUT2D eigenvalue weighted by Crippen LogP contribution is 2.36. The van der Waals surface area contributed by atoms with Crippen molar-refractivity contribution in [3.8, 4) is 11.5 Å². The SMILES string of the molecule is COc1cc(OC)cc(C(CC(=O)NCCN(C)C)c2c[nH]c3ccccc23)c1. The molecule has 29 heavy (non-hydrogen) atoms. The van der Waals surface area contributed by atoms with Crippen LogP contribution in [0.1, 0.15) is 23.5 Å². The fraction of sp³-hybridized carbons (Fsp3) is 0.348. The smallest absolute Gasteiger partial charge is 0.220 e. The number of aromatic amines is 1. The Morgan fingerprint density at radius 1 is 1.10 bits per heavy atom. The summed E-state index contributed by atoms with van der Waals surface area (Å²) in [5.74, 6) is 1.30. The molecule has 3 aromatic rings. The Kier molecular flexibility index (Phi) is 6.77. The molecule has 0 spiro atoms. The van der Waals surface area contributed by atoms with Gasteiger partial charge in [-0.3, -0.25) is 4.79 Å². The molecular weight excluding hydrogens is 366 g/mol. The molecule has 0 aliphatic carbocycles. The first kappa shape index (κ1) is 20.7. The number of rotatable bonds is 9. The predicted molar refractivity (Wildman–Crippen MR) is 116 cm³/mol. The van der Waals surface area contributed by atoms with Crippen molar-refractivity contribution in [3.63, 3.8) is 0 Å². The number of carbonyl (C=O) groups is 1. The molecule has 3 rings (SSSR count). The Morgan fingerprint density at radius 3 is 2.45 bits per heavy atom. The van der Waals surface area contributed by atoms with Crippen molar-refractivity contribution < 1.29 is 14.3 Å². The van der Waals surface area contributed by atoms with Crippen molar-refractivity contribution in [1.82, 2.24) is 15.2 Å². The number of aromatic nitrogens is 1. The third-order valence-electron chi connectivity index (χ3n) is 5.04. The van der Waals surface area contributed by atoms with Gasteiger partial charge in [-0.25, -0.2) is 0 Å². The molecule has 1 atom stereocenters. The number of carbonyl (C=O) groups excluding carboxylic acids is 1. The molecule has 0 aliphatic heterocycles. The van der Waals surface area contributed by atoms with Gasteiger partial charge in [-0.2, -0.15) is 0 Å². The van der Waals surface area contributed by atoms with E-state index in [0.29, 0.717) is 24.5 Å². The standard InChI is InChI=1S/C23H29N3O3/c1-26(2)10-9-24-23(27)14-20(16-11-17(28-3)13-18(12-16)29-4)21-15-25-22-8-6-5-7-19(21)22/h5-8,11-13,15,20,25H,9-10,14H2,1-4H3,(H,24,27). The Morgan fingerprint density at radius 2 is 1.79 bits per heavy atom. The first-order chi connectivity index (χ1) is 14.0. The average molecular weight is 396 g/mol. The molecule has 2 N–H and O–H groups in total. The molecular formula is C23H29N3O3. The number of amides is 1. The fourth-order valence-corrected chi connectivity index (χ4v) is 3.50. The maximum Gasteiger partial charge on any atom is 0.220 e. The normalized spacial score (nSPS) is 12.2.